The van der Waals surface area contributed by atoms with Crippen LogP contribution in [0.15, 0.2) is 27.8 Å². The zero-order valence-electron chi connectivity index (χ0n) is 18.3. The van der Waals surface area contributed by atoms with Crippen LogP contribution in [0.1, 0.15) is 46.6 Å². The third kappa shape index (κ3) is 4.03. The highest BCUT2D eigenvalue weighted by Crippen LogP contribution is 2.40. The van der Waals surface area contributed by atoms with Crippen LogP contribution in [0.2, 0.25) is 0 Å². The van der Waals surface area contributed by atoms with Gasteiger partial charge < -0.3 is 14.2 Å². The van der Waals surface area contributed by atoms with E-state index in [0.717, 1.165) is 33.9 Å². The Morgan fingerprint density at radius 1 is 1.12 bits per heavy atom. The number of piperazine rings is 1. The normalized spacial score (nSPS) is 17.4. The Hall–Kier alpha value is -2.39. The van der Waals surface area contributed by atoms with E-state index in [1.807, 2.05) is 18.7 Å². The molecule has 7 nitrogen and oxygen atoms in total. The number of furan rings is 1. The van der Waals surface area contributed by atoms with Crippen LogP contribution in [-0.2, 0) is 17.6 Å². The molecular formula is C23H26N4O3S2. The van der Waals surface area contributed by atoms with Gasteiger partial charge >= 0.3 is 0 Å². The monoisotopic (exact) mass is 470 g/mol. The Kier molecular flexibility index (Phi) is 5.94. The summed E-state index contributed by atoms with van der Waals surface area (Å²) >= 11 is 3.33. The van der Waals surface area contributed by atoms with E-state index < -0.39 is 0 Å². The van der Waals surface area contributed by atoms with E-state index in [1.54, 1.807) is 40.1 Å². The van der Waals surface area contributed by atoms with Crippen molar-refractivity contribution in [3.8, 4) is 0 Å². The van der Waals surface area contributed by atoms with Crippen LogP contribution in [0.4, 0.5) is 0 Å². The van der Waals surface area contributed by atoms with Crippen LogP contribution in [0.25, 0.3) is 10.2 Å². The number of rotatable bonds is 4. The second kappa shape index (κ2) is 8.86. The first kappa shape index (κ1) is 21.5. The summed E-state index contributed by atoms with van der Waals surface area (Å²) in [5, 5.41) is 1.84. The molecule has 9 heteroatoms. The molecule has 0 bridgehead atoms. The Balaban J connectivity index is 1.28. The fourth-order valence-electron chi connectivity index (χ4n) is 4.47. The van der Waals surface area contributed by atoms with Crippen molar-refractivity contribution in [2.45, 2.75) is 49.8 Å². The molecule has 1 atom stereocenters. The number of nitrogens with zero attached hydrogens (tertiary/aromatic N) is 4. The summed E-state index contributed by atoms with van der Waals surface area (Å²) in [4.78, 5) is 41.2. The van der Waals surface area contributed by atoms with Crippen molar-refractivity contribution in [1.82, 2.24) is 19.8 Å². The van der Waals surface area contributed by atoms with Gasteiger partial charge in [0.05, 0.1) is 11.5 Å². The molecule has 1 aliphatic carbocycles. The van der Waals surface area contributed by atoms with E-state index in [1.165, 1.54) is 29.5 Å². The summed E-state index contributed by atoms with van der Waals surface area (Å²) in [5.41, 5.74) is 1.39. The number of carbonyl (C=O) groups excluding carboxylic acids is 2. The molecule has 5 rings (SSSR count). The van der Waals surface area contributed by atoms with Crippen molar-refractivity contribution in [3.05, 3.63) is 40.4 Å². The third-order valence-corrected chi connectivity index (χ3v) is 8.40. The molecule has 1 aliphatic heterocycles. The minimum absolute atomic E-state index is 0.0913. The lowest BCUT2D eigenvalue weighted by Gasteiger charge is -2.35. The van der Waals surface area contributed by atoms with Gasteiger partial charge in [0.15, 0.2) is 5.76 Å². The van der Waals surface area contributed by atoms with E-state index in [-0.39, 0.29) is 17.1 Å². The molecule has 2 aliphatic rings. The quantitative estimate of drug-likeness (QED) is 0.425. The SMILES string of the molecule is Cc1nc(S[C@@H](C)C(=O)N2CCN(C(=O)c3ccco3)CC2)c2c3c(sc2n1)CCCC3. The summed E-state index contributed by atoms with van der Waals surface area (Å²) in [5.74, 6) is 1.07. The van der Waals surface area contributed by atoms with Crippen LogP contribution >= 0.6 is 23.1 Å². The standard InChI is InChI=1S/C23H26N4O3S2/c1-14(22(28)26-9-11-27(12-10-26)23(29)17-7-5-13-30-17)31-20-19-16-6-3-4-8-18(16)32-21(19)25-15(2)24-20/h5,7,13-14H,3-4,6,8-12H2,1-2H3/t14-/m0/s1. The smallest absolute Gasteiger partial charge is 0.289 e. The lowest BCUT2D eigenvalue weighted by atomic mass is 9.97. The second-order valence-electron chi connectivity index (χ2n) is 8.32. The molecule has 3 aromatic rings. The van der Waals surface area contributed by atoms with Gasteiger partial charge in [-0.1, -0.05) is 11.8 Å². The van der Waals surface area contributed by atoms with Crippen LogP contribution in [0.3, 0.4) is 0 Å². The first-order chi connectivity index (χ1) is 15.5. The van der Waals surface area contributed by atoms with Crippen LogP contribution in [0.5, 0.6) is 0 Å². The highest BCUT2D eigenvalue weighted by Gasteiger charge is 2.30. The zero-order chi connectivity index (χ0) is 22.2. The minimum atomic E-state index is -0.251. The average Bonchev–Trinajstić information content (AvgIpc) is 3.46. The van der Waals surface area contributed by atoms with E-state index in [9.17, 15) is 9.59 Å². The number of aryl methyl sites for hydroxylation is 3. The number of thioether (sulfide) groups is 1. The predicted molar refractivity (Wildman–Crippen MR) is 125 cm³/mol. The molecule has 0 unspecified atom stereocenters. The highest BCUT2D eigenvalue weighted by atomic mass is 32.2. The molecule has 0 saturated carbocycles. The molecule has 0 aromatic carbocycles. The van der Waals surface area contributed by atoms with Gasteiger partial charge in [0.1, 0.15) is 15.7 Å². The molecule has 0 N–H and O–H groups in total. The molecule has 168 valence electrons. The first-order valence-corrected chi connectivity index (χ1v) is 12.8. The van der Waals surface area contributed by atoms with Gasteiger partial charge in [-0.05, 0) is 57.2 Å². The summed E-state index contributed by atoms with van der Waals surface area (Å²) in [6, 6.07) is 3.38. The Bertz CT molecular complexity index is 1150. The number of carbonyl (C=O) groups is 2. The average molecular weight is 471 g/mol. The molecule has 3 aromatic heterocycles. The fourth-order valence-corrected chi connectivity index (χ4v) is 6.95. The first-order valence-electron chi connectivity index (χ1n) is 11.1. The maximum absolute atomic E-state index is 13.2. The zero-order valence-corrected chi connectivity index (χ0v) is 19.9. The molecule has 32 heavy (non-hydrogen) atoms. The summed E-state index contributed by atoms with van der Waals surface area (Å²) < 4.78 is 5.22. The van der Waals surface area contributed by atoms with Gasteiger partial charge in [0.25, 0.3) is 5.91 Å². The summed E-state index contributed by atoms with van der Waals surface area (Å²) in [6.45, 7) is 5.96. The van der Waals surface area contributed by atoms with E-state index in [4.69, 9.17) is 9.40 Å². The van der Waals surface area contributed by atoms with Crippen molar-refractivity contribution in [1.29, 1.82) is 0 Å². The van der Waals surface area contributed by atoms with Gasteiger partial charge in [-0.3, -0.25) is 9.59 Å². The predicted octanol–water partition coefficient (Wildman–Crippen LogP) is 3.94. The lowest BCUT2D eigenvalue weighted by Crippen LogP contribution is -2.52. The van der Waals surface area contributed by atoms with Gasteiger partial charge in [0.2, 0.25) is 5.91 Å². The van der Waals surface area contributed by atoms with Crippen molar-refractivity contribution in [3.63, 3.8) is 0 Å². The van der Waals surface area contributed by atoms with Crippen molar-refractivity contribution < 1.29 is 14.0 Å². The molecular weight excluding hydrogens is 444 g/mol. The van der Waals surface area contributed by atoms with Crippen molar-refractivity contribution >= 4 is 45.1 Å². The number of hydrogen-bond donors (Lipinski definition) is 0. The largest absolute Gasteiger partial charge is 0.459 e. The summed E-state index contributed by atoms with van der Waals surface area (Å²) in [7, 11) is 0. The van der Waals surface area contributed by atoms with Crippen molar-refractivity contribution in [2.75, 3.05) is 26.2 Å². The minimum Gasteiger partial charge on any atom is -0.459 e. The van der Waals surface area contributed by atoms with Gasteiger partial charge in [-0.25, -0.2) is 9.97 Å². The topological polar surface area (TPSA) is 79.5 Å². The fraction of sp³-hybridized carbons (Fsp3) is 0.478. The maximum atomic E-state index is 13.2. The molecule has 4 heterocycles. The van der Waals surface area contributed by atoms with Crippen LogP contribution in [0, 0.1) is 6.92 Å². The third-order valence-electron chi connectivity index (χ3n) is 6.14. The van der Waals surface area contributed by atoms with E-state index >= 15 is 0 Å². The Morgan fingerprint density at radius 3 is 2.62 bits per heavy atom. The molecule has 1 saturated heterocycles. The van der Waals surface area contributed by atoms with Crippen LogP contribution in [-0.4, -0.2) is 63.0 Å². The summed E-state index contributed by atoms with van der Waals surface area (Å²) in [6.07, 6.45) is 6.13. The number of amides is 2. The Labute approximate surface area is 195 Å². The van der Waals surface area contributed by atoms with Crippen LogP contribution < -0.4 is 0 Å². The number of thiophene rings is 1. The number of aromatic nitrogens is 2. The highest BCUT2D eigenvalue weighted by molar-refractivity contribution is 8.00. The van der Waals surface area contributed by atoms with Gasteiger partial charge in [-0.15, -0.1) is 11.3 Å². The molecule has 0 spiro atoms. The van der Waals surface area contributed by atoms with Gasteiger partial charge in [-0.2, -0.15) is 0 Å². The molecule has 2 amide bonds. The maximum Gasteiger partial charge on any atom is 0.289 e. The lowest BCUT2D eigenvalue weighted by molar-refractivity contribution is -0.131. The molecule has 0 radical (unpaired) electrons. The number of fused-ring (bicyclic) bond motifs is 3. The Morgan fingerprint density at radius 2 is 1.88 bits per heavy atom. The van der Waals surface area contributed by atoms with E-state index in [0.29, 0.717) is 31.9 Å². The number of hydrogen-bond acceptors (Lipinski definition) is 7. The van der Waals surface area contributed by atoms with Gasteiger partial charge in [0, 0.05) is 36.4 Å². The second-order valence-corrected chi connectivity index (χ2v) is 10.7. The molecule has 1 fully saturated rings. The van der Waals surface area contributed by atoms with E-state index in [2.05, 4.69) is 4.98 Å². The van der Waals surface area contributed by atoms with Crippen molar-refractivity contribution in [2.24, 2.45) is 0 Å².